The van der Waals surface area contributed by atoms with Gasteiger partial charge in [0.15, 0.2) is 0 Å². The number of morpholine rings is 1. The third kappa shape index (κ3) is 3.65. The van der Waals surface area contributed by atoms with Crippen molar-refractivity contribution in [3.63, 3.8) is 0 Å². The van der Waals surface area contributed by atoms with Crippen LogP contribution in [-0.2, 0) is 11.3 Å². The van der Waals surface area contributed by atoms with Crippen molar-refractivity contribution in [2.75, 3.05) is 38.3 Å². The van der Waals surface area contributed by atoms with Gasteiger partial charge in [0.2, 0.25) is 0 Å². The fraction of sp³-hybridized carbons (Fsp3) is 0.353. The zero-order chi connectivity index (χ0) is 16.1. The van der Waals surface area contributed by atoms with Crippen LogP contribution >= 0.6 is 11.3 Å². The van der Waals surface area contributed by atoms with E-state index in [0.717, 1.165) is 37.6 Å². The van der Waals surface area contributed by atoms with Crippen LogP contribution in [0.3, 0.4) is 0 Å². The summed E-state index contributed by atoms with van der Waals surface area (Å²) in [6.45, 7) is 3.74. The van der Waals surface area contributed by atoms with E-state index in [0.29, 0.717) is 17.2 Å². The molecule has 6 heteroatoms. The lowest BCUT2D eigenvalue weighted by Gasteiger charge is -2.30. The van der Waals surface area contributed by atoms with Crippen molar-refractivity contribution >= 4 is 22.9 Å². The van der Waals surface area contributed by atoms with Crippen LogP contribution in [0.25, 0.3) is 0 Å². The standard InChI is InChI=1S/C17H20N2O3S/c1-21-15-6-11-23-16(15)17(20)18-12-13-4-2-3-5-14(13)19-7-9-22-10-8-19/h2-6,11H,7-10,12H2,1H3,(H,18,20). The molecule has 23 heavy (non-hydrogen) atoms. The van der Waals surface area contributed by atoms with Crippen LogP contribution in [0.2, 0.25) is 0 Å². The van der Waals surface area contributed by atoms with Gasteiger partial charge in [-0.05, 0) is 23.1 Å². The minimum Gasteiger partial charge on any atom is -0.495 e. The zero-order valence-electron chi connectivity index (χ0n) is 13.1. The molecule has 2 aromatic rings. The summed E-state index contributed by atoms with van der Waals surface area (Å²) in [4.78, 5) is 15.2. The molecule has 0 radical (unpaired) electrons. The molecule has 2 heterocycles. The van der Waals surface area contributed by atoms with Crippen LogP contribution in [0.15, 0.2) is 35.7 Å². The molecular weight excluding hydrogens is 312 g/mol. The highest BCUT2D eigenvalue weighted by atomic mass is 32.1. The molecule has 0 atom stereocenters. The second-order valence-electron chi connectivity index (χ2n) is 5.23. The summed E-state index contributed by atoms with van der Waals surface area (Å²) >= 11 is 1.39. The molecule has 1 fully saturated rings. The van der Waals surface area contributed by atoms with E-state index in [2.05, 4.69) is 22.3 Å². The summed E-state index contributed by atoms with van der Waals surface area (Å²) in [5.74, 6) is 0.516. The highest BCUT2D eigenvalue weighted by Crippen LogP contribution is 2.25. The van der Waals surface area contributed by atoms with E-state index in [1.165, 1.54) is 11.3 Å². The molecule has 3 rings (SSSR count). The van der Waals surface area contributed by atoms with E-state index >= 15 is 0 Å². The highest BCUT2D eigenvalue weighted by molar-refractivity contribution is 7.12. The van der Waals surface area contributed by atoms with Gasteiger partial charge in [0.05, 0.1) is 20.3 Å². The molecule has 0 spiro atoms. The Hall–Kier alpha value is -2.05. The number of nitrogens with one attached hydrogen (secondary N) is 1. The maximum Gasteiger partial charge on any atom is 0.265 e. The van der Waals surface area contributed by atoms with Gasteiger partial charge in [-0.3, -0.25) is 4.79 Å². The average molecular weight is 332 g/mol. The first-order chi connectivity index (χ1) is 11.3. The lowest BCUT2D eigenvalue weighted by Crippen LogP contribution is -2.37. The molecule has 0 unspecified atom stereocenters. The Morgan fingerprint density at radius 1 is 1.30 bits per heavy atom. The number of carbonyl (C=O) groups is 1. The van der Waals surface area contributed by atoms with Gasteiger partial charge < -0.3 is 19.7 Å². The maximum absolute atomic E-state index is 12.3. The summed E-state index contributed by atoms with van der Waals surface area (Å²) in [6, 6.07) is 9.98. The van der Waals surface area contributed by atoms with E-state index in [4.69, 9.17) is 9.47 Å². The van der Waals surface area contributed by atoms with Crippen molar-refractivity contribution < 1.29 is 14.3 Å². The van der Waals surface area contributed by atoms with Crippen molar-refractivity contribution in [2.45, 2.75) is 6.54 Å². The number of thiophene rings is 1. The highest BCUT2D eigenvalue weighted by Gasteiger charge is 2.17. The summed E-state index contributed by atoms with van der Waals surface area (Å²) < 4.78 is 10.6. The molecule has 0 bridgehead atoms. The second kappa shape index (κ2) is 7.48. The average Bonchev–Trinajstić information content (AvgIpc) is 3.09. The predicted molar refractivity (Wildman–Crippen MR) is 91.5 cm³/mol. The van der Waals surface area contributed by atoms with Gasteiger partial charge in [-0.2, -0.15) is 0 Å². The molecule has 0 saturated carbocycles. The molecule has 1 aromatic carbocycles. The minimum absolute atomic E-state index is 0.103. The van der Waals surface area contributed by atoms with Crippen molar-refractivity contribution in [2.24, 2.45) is 0 Å². The summed E-state index contributed by atoms with van der Waals surface area (Å²) in [5, 5.41) is 4.85. The van der Waals surface area contributed by atoms with Crippen LogP contribution in [0.5, 0.6) is 5.75 Å². The Morgan fingerprint density at radius 3 is 2.87 bits per heavy atom. The number of methoxy groups -OCH3 is 1. The quantitative estimate of drug-likeness (QED) is 0.914. The van der Waals surface area contributed by atoms with Gasteiger partial charge in [-0.15, -0.1) is 11.3 Å². The SMILES string of the molecule is COc1ccsc1C(=O)NCc1ccccc1N1CCOCC1. The summed E-state index contributed by atoms with van der Waals surface area (Å²) in [5.41, 5.74) is 2.27. The van der Waals surface area contributed by atoms with Gasteiger partial charge in [0, 0.05) is 25.3 Å². The molecule has 5 nitrogen and oxygen atoms in total. The molecule has 1 aliphatic heterocycles. The number of hydrogen-bond donors (Lipinski definition) is 1. The number of anilines is 1. The smallest absolute Gasteiger partial charge is 0.265 e. The van der Waals surface area contributed by atoms with Crippen LogP contribution in [0.1, 0.15) is 15.2 Å². The number of carbonyl (C=O) groups excluding carboxylic acids is 1. The Kier molecular flexibility index (Phi) is 5.15. The van der Waals surface area contributed by atoms with Crippen LogP contribution in [-0.4, -0.2) is 39.3 Å². The second-order valence-corrected chi connectivity index (χ2v) is 6.15. The van der Waals surface area contributed by atoms with E-state index < -0.39 is 0 Å². The van der Waals surface area contributed by atoms with E-state index in [1.807, 2.05) is 17.5 Å². The Balaban J connectivity index is 1.69. The van der Waals surface area contributed by atoms with Gasteiger partial charge >= 0.3 is 0 Å². The fourth-order valence-electron chi connectivity index (χ4n) is 2.65. The Labute approximate surface area is 139 Å². The number of hydrogen-bond acceptors (Lipinski definition) is 5. The number of nitrogens with zero attached hydrogens (tertiary/aromatic N) is 1. The van der Waals surface area contributed by atoms with Crippen molar-refractivity contribution in [1.82, 2.24) is 5.32 Å². The first-order valence-electron chi connectivity index (χ1n) is 7.60. The number of ether oxygens (including phenoxy) is 2. The maximum atomic E-state index is 12.3. The largest absolute Gasteiger partial charge is 0.495 e. The Morgan fingerprint density at radius 2 is 2.09 bits per heavy atom. The van der Waals surface area contributed by atoms with E-state index in [9.17, 15) is 4.79 Å². The topological polar surface area (TPSA) is 50.8 Å². The van der Waals surface area contributed by atoms with Crippen molar-refractivity contribution in [3.05, 3.63) is 46.2 Å². The number of amides is 1. The van der Waals surface area contributed by atoms with Gasteiger partial charge in [-0.25, -0.2) is 0 Å². The zero-order valence-corrected chi connectivity index (χ0v) is 13.9. The van der Waals surface area contributed by atoms with Gasteiger partial charge in [-0.1, -0.05) is 18.2 Å². The van der Waals surface area contributed by atoms with E-state index in [-0.39, 0.29) is 5.91 Å². The van der Waals surface area contributed by atoms with Crippen LogP contribution in [0, 0.1) is 0 Å². The predicted octanol–water partition coefficient (Wildman–Crippen LogP) is 2.52. The molecule has 1 amide bonds. The van der Waals surface area contributed by atoms with E-state index in [1.54, 1.807) is 13.2 Å². The third-order valence-electron chi connectivity index (χ3n) is 3.84. The van der Waals surface area contributed by atoms with Crippen LogP contribution < -0.4 is 15.0 Å². The fourth-order valence-corrected chi connectivity index (χ4v) is 3.43. The molecule has 122 valence electrons. The monoisotopic (exact) mass is 332 g/mol. The van der Waals surface area contributed by atoms with Gasteiger partial charge in [0.25, 0.3) is 5.91 Å². The molecule has 1 aromatic heterocycles. The Bertz CT molecular complexity index is 665. The molecule has 1 aliphatic rings. The van der Waals surface area contributed by atoms with Crippen molar-refractivity contribution in [3.8, 4) is 5.75 Å². The molecule has 0 aliphatic carbocycles. The normalized spacial score (nSPS) is 14.6. The lowest BCUT2D eigenvalue weighted by atomic mass is 10.1. The van der Waals surface area contributed by atoms with Crippen LogP contribution in [0.4, 0.5) is 5.69 Å². The number of benzene rings is 1. The first kappa shape index (κ1) is 15.8. The van der Waals surface area contributed by atoms with Gasteiger partial charge in [0.1, 0.15) is 10.6 Å². The number of rotatable bonds is 5. The van der Waals surface area contributed by atoms with Crippen molar-refractivity contribution in [1.29, 1.82) is 0 Å². The first-order valence-corrected chi connectivity index (χ1v) is 8.48. The molecule has 1 N–H and O–H groups in total. The molecular formula is C17H20N2O3S. The molecule has 1 saturated heterocycles. The minimum atomic E-state index is -0.103. The lowest BCUT2D eigenvalue weighted by molar-refractivity contribution is 0.0952. The summed E-state index contributed by atoms with van der Waals surface area (Å²) in [6.07, 6.45) is 0. The number of para-hydroxylation sites is 1. The third-order valence-corrected chi connectivity index (χ3v) is 4.73. The summed E-state index contributed by atoms with van der Waals surface area (Å²) in [7, 11) is 1.58.